The smallest absolute Gasteiger partial charge is 0.254 e. The number of amides is 2. The second kappa shape index (κ2) is 8.67. The van der Waals surface area contributed by atoms with Crippen molar-refractivity contribution in [2.75, 3.05) is 26.7 Å². The third-order valence-electron chi connectivity index (χ3n) is 6.34. The number of nitrogens with zero attached hydrogens (tertiary/aromatic N) is 2. The first-order valence-electron chi connectivity index (χ1n) is 10.5. The third-order valence-corrected chi connectivity index (χ3v) is 7.28. The Labute approximate surface area is 176 Å². The number of likely N-dealkylation sites (N-methyl/N-ethyl adjacent to an activating group) is 1. The summed E-state index contributed by atoms with van der Waals surface area (Å²) in [5, 5.41) is 5.18. The van der Waals surface area contributed by atoms with Gasteiger partial charge in [0.05, 0.1) is 12.0 Å². The van der Waals surface area contributed by atoms with Crippen molar-refractivity contribution in [3.63, 3.8) is 0 Å². The van der Waals surface area contributed by atoms with E-state index in [4.69, 9.17) is 0 Å². The van der Waals surface area contributed by atoms with Gasteiger partial charge in [0, 0.05) is 36.6 Å². The first-order chi connectivity index (χ1) is 14.1. The van der Waals surface area contributed by atoms with Crippen molar-refractivity contribution < 1.29 is 9.59 Å². The van der Waals surface area contributed by atoms with E-state index in [0.29, 0.717) is 18.2 Å². The van der Waals surface area contributed by atoms with Gasteiger partial charge >= 0.3 is 0 Å². The van der Waals surface area contributed by atoms with Gasteiger partial charge in [0.25, 0.3) is 5.91 Å². The summed E-state index contributed by atoms with van der Waals surface area (Å²) in [5.41, 5.74) is 1.46. The van der Waals surface area contributed by atoms with Crippen LogP contribution in [-0.4, -0.2) is 54.3 Å². The largest absolute Gasteiger partial charge is 0.354 e. The van der Waals surface area contributed by atoms with Crippen LogP contribution in [0.25, 0.3) is 0 Å². The fraction of sp³-hybridized carbons (Fsp3) is 0.478. The molecule has 2 amide bonds. The molecule has 1 aromatic carbocycles. The summed E-state index contributed by atoms with van der Waals surface area (Å²) in [7, 11) is 1.80. The van der Waals surface area contributed by atoms with E-state index in [9.17, 15) is 9.59 Å². The van der Waals surface area contributed by atoms with Crippen LogP contribution in [0.15, 0.2) is 41.8 Å². The van der Waals surface area contributed by atoms with Crippen LogP contribution in [0.4, 0.5) is 0 Å². The van der Waals surface area contributed by atoms with Gasteiger partial charge in [-0.1, -0.05) is 30.7 Å². The lowest BCUT2D eigenvalue weighted by Gasteiger charge is -2.39. The quantitative estimate of drug-likeness (QED) is 0.817. The minimum Gasteiger partial charge on any atom is -0.354 e. The van der Waals surface area contributed by atoms with Crippen molar-refractivity contribution in [1.82, 2.24) is 15.1 Å². The number of likely N-dealkylation sites (tertiary alicyclic amines) is 1. The molecule has 29 heavy (non-hydrogen) atoms. The molecule has 3 atom stereocenters. The topological polar surface area (TPSA) is 52.7 Å². The third kappa shape index (κ3) is 3.96. The van der Waals surface area contributed by atoms with Crippen LogP contribution >= 0.6 is 11.3 Å². The summed E-state index contributed by atoms with van der Waals surface area (Å²) in [6.07, 6.45) is 3.77. The number of thiophene rings is 1. The molecule has 0 radical (unpaired) electrons. The van der Waals surface area contributed by atoms with Crippen molar-refractivity contribution >= 4 is 23.2 Å². The van der Waals surface area contributed by atoms with Crippen molar-refractivity contribution in [2.24, 2.45) is 0 Å². The molecular formula is C23H29N3O2S. The van der Waals surface area contributed by atoms with Gasteiger partial charge in [-0.05, 0) is 49.4 Å². The van der Waals surface area contributed by atoms with Crippen LogP contribution in [0.2, 0.25) is 0 Å². The number of nitrogens with one attached hydrogen (secondary N) is 1. The molecule has 1 aromatic heterocycles. The monoisotopic (exact) mass is 411 g/mol. The number of piperidine rings is 1. The van der Waals surface area contributed by atoms with Gasteiger partial charge in [0.1, 0.15) is 0 Å². The van der Waals surface area contributed by atoms with Gasteiger partial charge in [-0.25, -0.2) is 0 Å². The van der Waals surface area contributed by atoms with Gasteiger partial charge in [-0.2, -0.15) is 0 Å². The predicted octanol–water partition coefficient (Wildman–Crippen LogP) is 3.65. The van der Waals surface area contributed by atoms with Crippen molar-refractivity contribution in [1.29, 1.82) is 0 Å². The Morgan fingerprint density at radius 2 is 2.03 bits per heavy atom. The normalized spacial score (nSPS) is 25.0. The molecule has 0 spiro atoms. The first-order valence-corrected chi connectivity index (χ1v) is 11.4. The van der Waals surface area contributed by atoms with E-state index in [0.717, 1.165) is 23.5 Å². The van der Waals surface area contributed by atoms with Crippen LogP contribution in [0.3, 0.4) is 0 Å². The lowest BCUT2D eigenvalue weighted by Crippen LogP contribution is -2.47. The van der Waals surface area contributed by atoms with E-state index in [1.165, 1.54) is 19.3 Å². The number of fused-ring (bicyclic) bond motifs is 1. The molecule has 0 bridgehead atoms. The van der Waals surface area contributed by atoms with E-state index in [1.807, 2.05) is 41.8 Å². The second-order valence-electron chi connectivity index (χ2n) is 8.11. The number of rotatable bonds is 5. The highest BCUT2D eigenvalue weighted by molar-refractivity contribution is 7.10. The Morgan fingerprint density at radius 1 is 1.21 bits per heavy atom. The van der Waals surface area contributed by atoms with E-state index in [2.05, 4.69) is 17.1 Å². The zero-order valence-electron chi connectivity index (χ0n) is 17.1. The highest BCUT2D eigenvalue weighted by Crippen LogP contribution is 2.43. The molecule has 1 N–H and O–H groups in total. The highest BCUT2D eigenvalue weighted by atomic mass is 32.1. The van der Waals surface area contributed by atoms with Gasteiger partial charge in [0.15, 0.2) is 0 Å². The fourth-order valence-corrected chi connectivity index (χ4v) is 5.60. The van der Waals surface area contributed by atoms with Gasteiger partial charge < -0.3 is 10.2 Å². The number of benzene rings is 1. The Morgan fingerprint density at radius 3 is 2.79 bits per heavy atom. The standard InChI is InChI=1S/C23H29N3O2S/c1-16-8-5-6-13-26(16)14-12-24-22(27)20-17-9-3-4-10-18(17)23(28)25(2)21(20)19-11-7-15-29-19/h3-4,7,9-11,15-16,20-21H,5-6,8,12-14H2,1-2H3,(H,24,27)/t16-,20-,21-/m1/s1. The van der Waals surface area contributed by atoms with Crippen LogP contribution < -0.4 is 5.32 Å². The van der Waals surface area contributed by atoms with E-state index in [1.54, 1.807) is 23.3 Å². The maximum Gasteiger partial charge on any atom is 0.254 e. The van der Waals surface area contributed by atoms with Crippen LogP contribution in [0.1, 0.15) is 58.9 Å². The number of hydrogen-bond donors (Lipinski definition) is 1. The summed E-state index contributed by atoms with van der Waals surface area (Å²) in [6.45, 7) is 4.89. The SMILES string of the molecule is C[C@@H]1CCCCN1CCNC(=O)[C@@H]1c2ccccc2C(=O)N(C)[C@@H]1c1cccs1. The van der Waals surface area contributed by atoms with Crippen LogP contribution in [-0.2, 0) is 4.79 Å². The molecule has 154 valence electrons. The molecule has 4 rings (SSSR count). The predicted molar refractivity (Wildman–Crippen MR) is 116 cm³/mol. The molecule has 3 heterocycles. The molecule has 6 heteroatoms. The van der Waals surface area contributed by atoms with E-state index < -0.39 is 5.92 Å². The highest BCUT2D eigenvalue weighted by Gasteiger charge is 2.42. The van der Waals surface area contributed by atoms with E-state index >= 15 is 0 Å². The number of hydrogen-bond acceptors (Lipinski definition) is 4. The number of carbonyl (C=O) groups is 2. The maximum atomic E-state index is 13.4. The second-order valence-corrected chi connectivity index (χ2v) is 9.09. The molecule has 0 aliphatic carbocycles. The lowest BCUT2D eigenvalue weighted by molar-refractivity contribution is -0.124. The molecule has 2 aliphatic rings. The average molecular weight is 412 g/mol. The Hall–Kier alpha value is -2.18. The molecule has 2 aliphatic heterocycles. The van der Waals surface area contributed by atoms with Crippen molar-refractivity contribution in [3.05, 3.63) is 57.8 Å². The van der Waals surface area contributed by atoms with Crippen LogP contribution in [0, 0.1) is 0 Å². The first kappa shape index (κ1) is 20.1. The summed E-state index contributed by atoms with van der Waals surface area (Å²) >= 11 is 1.60. The molecule has 5 nitrogen and oxygen atoms in total. The number of carbonyl (C=O) groups excluding carboxylic acids is 2. The zero-order chi connectivity index (χ0) is 20.4. The molecular weight excluding hydrogens is 382 g/mol. The van der Waals surface area contributed by atoms with E-state index in [-0.39, 0.29) is 17.9 Å². The maximum absolute atomic E-state index is 13.4. The zero-order valence-corrected chi connectivity index (χ0v) is 18.0. The summed E-state index contributed by atoms with van der Waals surface area (Å²) in [6, 6.07) is 11.8. The average Bonchev–Trinajstić information content (AvgIpc) is 3.26. The molecule has 1 fully saturated rings. The molecule has 2 aromatic rings. The fourth-order valence-electron chi connectivity index (χ4n) is 4.69. The molecule has 0 saturated carbocycles. The van der Waals surface area contributed by atoms with Crippen molar-refractivity contribution in [2.45, 2.75) is 44.2 Å². The van der Waals surface area contributed by atoms with Crippen LogP contribution in [0.5, 0.6) is 0 Å². The summed E-state index contributed by atoms with van der Waals surface area (Å²) in [5.74, 6) is -0.420. The Bertz CT molecular complexity index is 867. The Balaban J connectivity index is 1.55. The lowest BCUT2D eigenvalue weighted by atomic mass is 9.82. The minimum absolute atomic E-state index is 0.000127. The Kier molecular flexibility index (Phi) is 6.01. The summed E-state index contributed by atoms with van der Waals surface area (Å²) in [4.78, 5) is 31.6. The van der Waals surface area contributed by atoms with Gasteiger partial charge in [-0.15, -0.1) is 11.3 Å². The molecule has 1 saturated heterocycles. The molecule has 0 unspecified atom stereocenters. The van der Waals surface area contributed by atoms with Gasteiger partial charge in [-0.3, -0.25) is 14.5 Å². The summed E-state index contributed by atoms with van der Waals surface area (Å²) < 4.78 is 0. The minimum atomic E-state index is -0.397. The van der Waals surface area contributed by atoms with Gasteiger partial charge in [0.2, 0.25) is 5.91 Å². The van der Waals surface area contributed by atoms with Crippen molar-refractivity contribution in [3.8, 4) is 0 Å².